The summed E-state index contributed by atoms with van der Waals surface area (Å²) in [5.74, 6) is -1.08. The minimum atomic E-state index is -1.08. The summed E-state index contributed by atoms with van der Waals surface area (Å²) in [4.78, 5) is 32.6. The largest absolute Gasteiger partial charge is 0.480 e. The third-order valence-electron chi connectivity index (χ3n) is 3.13. The monoisotopic (exact) mass is 331 g/mol. The third-order valence-corrected chi connectivity index (χ3v) is 4.17. The number of carboxylic acids is 1. The number of non-ortho nitro benzene ring substituents is 1. The van der Waals surface area contributed by atoms with Gasteiger partial charge in [0, 0.05) is 19.1 Å². The lowest BCUT2D eigenvalue weighted by atomic mass is 10.0. The SMILES string of the molecule is CC(=O)SC(C(=O)O)c1ccc(-c2ccc([N+](=O)[O-])cc2)cc1. The van der Waals surface area contributed by atoms with Crippen molar-refractivity contribution in [3.63, 3.8) is 0 Å². The minimum absolute atomic E-state index is 0.00849. The molecular weight excluding hydrogens is 318 g/mol. The van der Waals surface area contributed by atoms with Crippen molar-refractivity contribution in [1.29, 1.82) is 0 Å². The van der Waals surface area contributed by atoms with Crippen LogP contribution in [0.3, 0.4) is 0 Å². The third kappa shape index (κ3) is 4.17. The van der Waals surface area contributed by atoms with Crippen molar-refractivity contribution in [2.75, 3.05) is 0 Å². The van der Waals surface area contributed by atoms with Crippen molar-refractivity contribution in [2.24, 2.45) is 0 Å². The Bertz CT molecular complexity index is 740. The second-order valence-electron chi connectivity index (χ2n) is 4.75. The van der Waals surface area contributed by atoms with Crippen molar-refractivity contribution in [2.45, 2.75) is 12.2 Å². The average molecular weight is 331 g/mol. The van der Waals surface area contributed by atoms with E-state index < -0.39 is 16.1 Å². The van der Waals surface area contributed by atoms with E-state index in [2.05, 4.69) is 0 Å². The number of nitro groups is 1. The highest BCUT2D eigenvalue weighted by atomic mass is 32.2. The maximum Gasteiger partial charge on any atom is 0.321 e. The average Bonchev–Trinajstić information content (AvgIpc) is 2.52. The van der Waals surface area contributed by atoms with E-state index in [1.165, 1.54) is 19.1 Å². The normalized spacial score (nSPS) is 11.7. The smallest absolute Gasteiger partial charge is 0.321 e. The zero-order chi connectivity index (χ0) is 17.0. The van der Waals surface area contributed by atoms with Gasteiger partial charge in [0.2, 0.25) is 0 Å². The van der Waals surface area contributed by atoms with E-state index in [0.717, 1.165) is 22.9 Å². The fourth-order valence-corrected chi connectivity index (χ4v) is 2.78. The molecule has 6 nitrogen and oxygen atoms in total. The fourth-order valence-electron chi connectivity index (χ4n) is 2.05. The Labute approximate surface area is 136 Å². The summed E-state index contributed by atoms with van der Waals surface area (Å²) in [6, 6.07) is 12.8. The highest BCUT2D eigenvalue weighted by molar-refractivity contribution is 8.14. The van der Waals surface area contributed by atoms with Crippen LogP contribution >= 0.6 is 11.8 Å². The Kier molecular flexibility index (Phi) is 5.13. The molecule has 0 aliphatic rings. The molecule has 1 atom stereocenters. The van der Waals surface area contributed by atoms with E-state index in [1.54, 1.807) is 36.4 Å². The van der Waals surface area contributed by atoms with Gasteiger partial charge in [-0.3, -0.25) is 19.7 Å². The van der Waals surface area contributed by atoms with Crippen LogP contribution < -0.4 is 0 Å². The minimum Gasteiger partial charge on any atom is -0.480 e. The molecule has 0 amide bonds. The molecule has 0 aliphatic carbocycles. The quantitative estimate of drug-likeness (QED) is 0.663. The summed E-state index contributed by atoms with van der Waals surface area (Å²) < 4.78 is 0. The maximum absolute atomic E-state index is 11.3. The van der Waals surface area contributed by atoms with Gasteiger partial charge in [-0.05, 0) is 28.8 Å². The van der Waals surface area contributed by atoms with Gasteiger partial charge < -0.3 is 5.11 Å². The van der Waals surface area contributed by atoms with Gasteiger partial charge in [0.15, 0.2) is 5.12 Å². The maximum atomic E-state index is 11.3. The zero-order valence-corrected chi connectivity index (χ0v) is 12.9. The van der Waals surface area contributed by atoms with Crippen LogP contribution in [0.5, 0.6) is 0 Å². The van der Waals surface area contributed by atoms with E-state index in [-0.39, 0.29) is 10.8 Å². The number of hydrogen-bond acceptors (Lipinski definition) is 5. The molecule has 0 heterocycles. The first-order valence-electron chi connectivity index (χ1n) is 6.63. The summed E-state index contributed by atoms with van der Waals surface area (Å²) in [5, 5.41) is 18.6. The lowest BCUT2D eigenvalue weighted by Gasteiger charge is -2.11. The number of benzene rings is 2. The van der Waals surface area contributed by atoms with Crippen LogP contribution in [-0.4, -0.2) is 21.1 Å². The van der Waals surface area contributed by atoms with Crippen LogP contribution in [0.15, 0.2) is 48.5 Å². The molecule has 118 valence electrons. The number of aliphatic carboxylic acids is 1. The van der Waals surface area contributed by atoms with Gasteiger partial charge in [-0.2, -0.15) is 0 Å². The molecule has 2 aromatic rings. The van der Waals surface area contributed by atoms with Gasteiger partial charge in [0.1, 0.15) is 5.25 Å². The Morgan fingerprint density at radius 3 is 1.91 bits per heavy atom. The highest BCUT2D eigenvalue weighted by Crippen LogP contribution is 2.31. The summed E-state index contributed by atoms with van der Waals surface area (Å²) >= 11 is 0.754. The molecule has 1 unspecified atom stereocenters. The molecule has 0 radical (unpaired) electrons. The van der Waals surface area contributed by atoms with Crippen LogP contribution in [0.25, 0.3) is 11.1 Å². The van der Waals surface area contributed by atoms with Crippen LogP contribution in [0, 0.1) is 10.1 Å². The van der Waals surface area contributed by atoms with Gasteiger partial charge in [0.25, 0.3) is 5.69 Å². The van der Waals surface area contributed by atoms with Gasteiger partial charge in [-0.25, -0.2) is 0 Å². The lowest BCUT2D eigenvalue weighted by molar-refractivity contribution is -0.384. The summed E-state index contributed by atoms with van der Waals surface area (Å²) in [6.45, 7) is 1.33. The number of rotatable bonds is 5. The number of carbonyl (C=O) groups is 2. The second-order valence-corrected chi connectivity index (χ2v) is 6.04. The number of carbonyl (C=O) groups excluding carboxylic acids is 1. The first kappa shape index (κ1) is 16.7. The van der Waals surface area contributed by atoms with Crippen LogP contribution in [0.4, 0.5) is 5.69 Å². The first-order chi connectivity index (χ1) is 10.9. The molecule has 2 aromatic carbocycles. The highest BCUT2D eigenvalue weighted by Gasteiger charge is 2.22. The van der Waals surface area contributed by atoms with Crippen molar-refractivity contribution in [1.82, 2.24) is 0 Å². The summed E-state index contributed by atoms with van der Waals surface area (Å²) in [6.07, 6.45) is 0. The number of carboxylic acid groups (broad SMARTS) is 1. The molecule has 0 saturated carbocycles. The lowest BCUT2D eigenvalue weighted by Crippen LogP contribution is -2.09. The molecular formula is C16H13NO5S. The summed E-state index contributed by atoms with van der Waals surface area (Å²) in [5.41, 5.74) is 2.12. The van der Waals surface area contributed by atoms with E-state index in [1.807, 2.05) is 0 Å². The van der Waals surface area contributed by atoms with Crippen molar-refractivity contribution < 1.29 is 19.6 Å². The fraction of sp³-hybridized carbons (Fsp3) is 0.125. The second kappa shape index (κ2) is 7.06. The number of nitrogens with zero attached hydrogens (tertiary/aromatic N) is 1. The van der Waals surface area contributed by atoms with Gasteiger partial charge in [0.05, 0.1) is 4.92 Å². The molecule has 1 N–H and O–H groups in total. The Morgan fingerprint density at radius 2 is 1.52 bits per heavy atom. The predicted molar refractivity (Wildman–Crippen MR) is 87.2 cm³/mol. The van der Waals surface area contributed by atoms with E-state index in [9.17, 15) is 24.8 Å². The standard InChI is InChI=1S/C16H13NO5S/c1-10(18)23-15(16(19)20)13-4-2-11(3-5-13)12-6-8-14(9-7-12)17(21)22/h2-9,15H,1H3,(H,19,20). The van der Waals surface area contributed by atoms with Crippen molar-refractivity contribution in [3.8, 4) is 11.1 Å². The number of hydrogen-bond donors (Lipinski definition) is 1. The summed E-state index contributed by atoms with van der Waals surface area (Å²) in [7, 11) is 0. The Hall–Kier alpha value is -2.67. The van der Waals surface area contributed by atoms with Crippen LogP contribution in [0.1, 0.15) is 17.7 Å². The molecule has 0 saturated heterocycles. The van der Waals surface area contributed by atoms with Gasteiger partial charge in [-0.1, -0.05) is 36.0 Å². The van der Waals surface area contributed by atoms with Gasteiger partial charge in [-0.15, -0.1) is 0 Å². The molecule has 0 spiro atoms. The predicted octanol–water partition coefficient (Wildman–Crippen LogP) is 3.67. The van der Waals surface area contributed by atoms with E-state index in [4.69, 9.17) is 0 Å². The van der Waals surface area contributed by atoms with Crippen LogP contribution in [-0.2, 0) is 9.59 Å². The van der Waals surface area contributed by atoms with E-state index >= 15 is 0 Å². The van der Waals surface area contributed by atoms with E-state index in [0.29, 0.717) is 5.56 Å². The first-order valence-corrected chi connectivity index (χ1v) is 7.51. The topological polar surface area (TPSA) is 97.5 Å². The molecule has 0 aliphatic heterocycles. The Morgan fingerprint density at radius 1 is 1.04 bits per heavy atom. The van der Waals surface area contributed by atoms with Crippen LogP contribution in [0.2, 0.25) is 0 Å². The molecule has 0 fully saturated rings. The Balaban J connectivity index is 2.25. The van der Waals surface area contributed by atoms with Crippen molar-refractivity contribution >= 4 is 28.5 Å². The molecule has 2 rings (SSSR count). The molecule has 23 heavy (non-hydrogen) atoms. The molecule has 0 bridgehead atoms. The zero-order valence-electron chi connectivity index (χ0n) is 12.1. The number of thioether (sulfide) groups is 1. The van der Waals surface area contributed by atoms with Crippen molar-refractivity contribution in [3.05, 3.63) is 64.2 Å². The molecule has 0 aromatic heterocycles. The van der Waals surface area contributed by atoms with Gasteiger partial charge >= 0.3 is 5.97 Å². The molecule has 7 heteroatoms. The number of nitro benzene ring substituents is 1.